The molecule has 5 heteroatoms. The summed E-state index contributed by atoms with van der Waals surface area (Å²) in [5, 5.41) is 2.50. The number of ether oxygens (including phenoxy) is 1. The number of carbonyl (C=O) groups is 1. The molecule has 0 radical (unpaired) electrons. The van der Waals surface area contributed by atoms with Gasteiger partial charge in [-0.1, -0.05) is 18.2 Å². The van der Waals surface area contributed by atoms with Crippen molar-refractivity contribution in [3.8, 4) is 5.75 Å². The van der Waals surface area contributed by atoms with E-state index in [0.29, 0.717) is 18.0 Å². The lowest BCUT2D eigenvalue weighted by atomic mass is 10.1. The third-order valence-electron chi connectivity index (χ3n) is 2.70. The normalized spacial score (nSPS) is 10.1. The zero-order chi connectivity index (χ0) is 14.5. The average molecular weight is 274 g/mol. The second-order valence-electron chi connectivity index (χ2n) is 4.09. The molecule has 2 aromatic rings. The Hall–Kier alpha value is -2.56. The molecule has 0 heterocycles. The fraction of sp³-hybridized carbons (Fsp3) is 0.133. The molecule has 2 rings (SSSR count). The molecule has 0 saturated carbocycles. The molecule has 0 aliphatic carbocycles. The number of hydrogen-bond donors (Lipinski definition) is 2. The highest BCUT2D eigenvalue weighted by molar-refractivity contribution is 6.07. The van der Waals surface area contributed by atoms with E-state index in [4.69, 9.17) is 10.5 Å². The number of rotatable bonds is 4. The van der Waals surface area contributed by atoms with Gasteiger partial charge in [-0.05, 0) is 31.2 Å². The number of halogens is 1. The lowest BCUT2D eigenvalue weighted by Crippen LogP contribution is -2.15. The third kappa shape index (κ3) is 2.88. The lowest BCUT2D eigenvalue weighted by Gasteiger charge is -2.13. The zero-order valence-electron chi connectivity index (χ0n) is 11.0. The summed E-state index contributed by atoms with van der Waals surface area (Å²) in [4.78, 5) is 12.2. The fourth-order valence-electron chi connectivity index (χ4n) is 1.79. The van der Waals surface area contributed by atoms with E-state index in [-0.39, 0.29) is 11.3 Å². The molecule has 0 aromatic heterocycles. The van der Waals surface area contributed by atoms with Gasteiger partial charge in [0, 0.05) is 0 Å². The molecule has 0 atom stereocenters. The molecule has 1 amide bonds. The van der Waals surface area contributed by atoms with Crippen LogP contribution < -0.4 is 15.8 Å². The second kappa shape index (κ2) is 6.06. The van der Waals surface area contributed by atoms with Crippen LogP contribution in [-0.4, -0.2) is 12.5 Å². The minimum atomic E-state index is -0.497. The van der Waals surface area contributed by atoms with Gasteiger partial charge in [0.1, 0.15) is 5.82 Å². The van der Waals surface area contributed by atoms with E-state index in [0.717, 1.165) is 0 Å². The van der Waals surface area contributed by atoms with Crippen molar-refractivity contribution in [3.63, 3.8) is 0 Å². The minimum absolute atomic E-state index is 0.113. The summed E-state index contributed by atoms with van der Waals surface area (Å²) in [7, 11) is 0. The molecule has 104 valence electrons. The van der Waals surface area contributed by atoms with Crippen LogP contribution in [-0.2, 0) is 0 Å². The lowest BCUT2D eigenvalue weighted by molar-refractivity contribution is 0.102. The van der Waals surface area contributed by atoms with Gasteiger partial charge in [-0.15, -0.1) is 0 Å². The number of carbonyl (C=O) groups excluding carboxylic acids is 1. The van der Waals surface area contributed by atoms with Crippen LogP contribution in [0.25, 0.3) is 0 Å². The first-order valence-corrected chi connectivity index (χ1v) is 6.20. The third-order valence-corrected chi connectivity index (χ3v) is 2.70. The van der Waals surface area contributed by atoms with Gasteiger partial charge in [0.2, 0.25) is 0 Å². The molecule has 0 unspecified atom stereocenters. The molecule has 20 heavy (non-hydrogen) atoms. The monoisotopic (exact) mass is 274 g/mol. The highest BCUT2D eigenvalue weighted by atomic mass is 19.1. The van der Waals surface area contributed by atoms with E-state index in [1.54, 1.807) is 37.3 Å². The van der Waals surface area contributed by atoms with Crippen molar-refractivity contribution in [2.45, 2.75) is 6.92 Å². The van der Waals surface area contributed by atoms with E-state index in [9.17, 15) is 9.18 Å². The Morgan fingerprint density at radius 3 is 2.70 bits per heavy atom. The first kappa shape index (κ1) is 13.9. The van der Waals surface area contributed by atoms with E-state index in [1.165, 1.54) is 12.1 Å². The summed E-state index contributed by atoms with van der Waals surface area (Å²) >= 11 is 0. The fourth-order valence-corrected chi connectivity index (χ4v) is 1.79. The van der Waals surface area contributed by atoms with Crippen molar-refractivity contribution >= 4 is 17.3 Å². The Morgan fingerprint density at radius 2 is 2.00 bits per heavy atom. The molecule has 0 fully saturated rings. The maximum absolute atomic E-state index is 13.5. The first-order chi connectivity index (χ1) is 9.63. The molecule has 4 nitrogen and oxygen atoms in total. The number of hydrogen-bond acceptors (Lipinski definition) is 3. The van der Waals surface area contributed by atoms with Gasteiger partial charge in [0.05, 0.1) is 23.5 Å². The minimum Gasteiger partial charge on any atom is -0.491 e. The van der Waals surface area contributed by atoms with Crippen LogP contribution in [0, 0.1) is 5.82 Å². The van der Waals surface area contributed by atoms with Crippen molar-refractivity contribution in [1.82, 2.24) is 0 Å². The van der Waals surface area contributed by atoms with E-state index < -0.39 is 11.7 Å². The van der Waals surface area contributed by atoms with E-state index in [1.807, 2.05) is 0 Å². The number of nitrogen functional groups attached to an aromatic ring is 1. The van der Waals surface area contributed by atoms with Crippen LogP contribution in [0.4, 0.5) is 15.8 Å². The van der Waals surface area contributed by atoms with Gasteiger partial charge < -0.3 is 15.8 Å². The van der Waals surface area contributed by atoms with Gasteiger partial charge in [0.15, 0.2) is 5.75 Å². The second-order valence-corrected chi connectivity index (χ2v) is 4.09. The van der Waals surface area contributed by atoms with Crippen LogP contribution >= 0.6 is 0 Å². The molecule has 2 aromatic carbocycles. The van der Waals surface area contributed by atoms with Crippen molar-refractivity contribution in [2.75, 3.05) is 17.7 Å². The first-order valence-electron chi connectivity index (χ1n) is 6.20. The summed E-state index contributed by atoms with van der Waals surface area (Å²) in [6, 6.07) is 10.8. The van der Waals surface area contributed by atoms with Crippen molar-refractivity contribution in [2.24, 2.45) is 0 Å². The number of para-hydroxylation sites is 2. The van der Waals surface area contributed by atoms with E-state index in [2.05, 4.69) is 5.32 Å². The van der Waals surface area contributed by atoms with Crippen LogP contribution in [0.5, 0.6) is 5.75 Å². The smallest absolute Gasteiger partial charge is 0.259 e. The Balaban J connectivity index is 2.30. The molecule has 0 aliphatic rings. The van der Waals surface area contributed by atoms with Crippen LogP contribution in [0.3, 0.4) is 0 Å². The van der Waals surface area contributed by atoms with Gasteiger partial charge in [-0.3, -0.25) is 4.79 Å². The quantitative estimate of drug-likeness (QED) is 0.842. The summed E-state index contributed by atoms with van der Waals surface area (Å²) in [5.41, 5.74) is 6.54. The summed E-state index contributed by atoms with van der Waals surface area (Å²) < 4.78 is 18.9. The number of nitrogens with one attached hydrogen (secondary N) is 1. The SMILES string of the molecule is CCOc1c(N)cccc1C(=O)Nc1ccccc1F. The van der Waals surface area contributed by atoms with Gasteiger partial charge in [0.25, 0.3) is 5.91 Å². The number of amides is 1. The Labute approximate surface area is 116 Å². The van der Waals surface area contributed by atoms with Crippen molar-refractivity contribution in [1.29, 1.82) is 0 Å². The van der Waals surface area contributed by atoms with E-state index >= 15 is 0 Å². The summed E-state index contributed by atoms with van der Waals surface area (Å²) in [6.45, 7) is 2.18. The zero-order valence-corrected chi connectivity index (χ0v) is 11.0. The number of benzene rings is 2. The number of anilines is 2. The van der Waals surface area contributed by atoms with Gasteiger partial charge in [-0.25, -0.2) is 4.39 Å². The van der Waals surface area contributed by atoms with Gasteiger partial charge in [-0.2, -0.15) is 0 Å². The molecular weight excluding hydrogens is 259 g/mol. The summed E-state index contributed by atoms with van der Waals surface area (Å²) in [5.74, 6) is -0.655. The largest absolute Gasteiger partial charge is 0.491 e. The maximum atomic E-state index is 13.5. The van der Waals surface area contributed by atoms with Crippen LogP contribution in [0.15, 0.2) is 42.5 Å². The Morgan fingerprint density at radius 1 is 1.25 bits per heavy atom. The molecule has 0 spiro atoms. The standard InChI is InChI=1S/C15H15FN2O2/c1-2-20-14-10(6-5-8-12(14)17)15(19)18-13-9-4-3-7-11(13)16/h3-9H,2,17H2,1H3,(H,18,19). The van der Waals surface area contributed by atoms with Crippen LogP contribution in [0.2, 0.25) is 0 Å². The maximum Gasteiger partial charge on any atom is 0.259 e. The topological polar surface area (TPSA) is 64.3 Å². The molecule has 0 bridgehead atoms. The summed E-state index contributed by atoms with van der Waals surface area (Å²) in [6.07, 6.45) is 0. The number of nitrogens with two attached hydrogens (primary N) is 1. The van der Waals surface area contributed by atoms with Crippen molar-refractivity contribution in [3.05, 3.63) is 53.8 Å². The van der Waals surface area contributed by atoms with Crippen LogP contribution in [0.1, 0.15) is 17.3 Å². The Kier molecular flexibility index (Phi) is 4.20. The highest BCUT2D eigenvalue weighted by Gasteiger charge is 2.16. The molecular formula is C15H15FN2O2. The van der Waals surface area contributed by atoms with Crippen molar-refractivity contribution < 1.29 is 13.9 Å². The average Bonchev–Trinajstić information content (AvgIpc) is 2.43. The predicted molar refractivity (Wildman–Crippen MR) is 76.4 cm³/mol. The Bertz CT molecular complexity index is 629. The highest BCUT2D eigenvalue weighted by Crippen LogP contribution is 2.27. The van der Waals surface area contributed by atoms with Gasteiger partial charge >= 0.3 is 0 Å². The molecule has 0 aliphatic heterocycles. The molecule has 3 N–H and O–H groups in total. The predicted octanol–water partition coefficient (Wildman–Crippen LogP) is 3.06. The molecule has 0 saturated heterocycles.